The van der Waals surface area contributed by atoms with E-state index in [2.05, 4.69) is 15.1 Å². The van der Waals surface area contributed by atoms with Crippen LogP contribution >= 0.6 is 0 Å². The number of anilines is 1. The van der Waals surface area contributed by atoms with Gasteiger partial charge in [0.05, 0.1) is 11.9 Å². The third-order valence-corrected chi connectivity index (χ3v) is 1.93. The third kappa shape index (κ3) is 1.89. The van der Waals surface area contributed by atoms with Gasteiger partial charge in [-0.1, -0.05) is 0 Å². The molecule has 3 N–H and O–H groups in total. The standard InChI is InChI=1S/C9H6N6O2/c10-2-7-13-4-15(14-7)8-6(9(16)17)1-5(11)3-12-8/h1,3-4H,11H2,(H,16,17). The average Bonchev–Trinajstić information content (AvgIpc) is 2.77. The minimum Gasteiger partial charge on any atom is -0.478 e. The largest absolute Gasteiger partial charge is 0.478 e. The van der Waals surface area contributed by atoms with Crippen molar-refractivity contribution in [1.82, 2.24) is 19.7 Å². The highest BCUT2D eigenvalue weighted by atomic mass is 16.4. The van der Waals surface area contributed by atoms with Crippen LogP contribution in [-0.2, 0) is 0 Å². The van der Waals surface area contributed by atoms with Gasteiger partial charge in [0.15, 0.2) is 5.82 Å². The van der Waals surface area contributed by atoms with E-state index in [4.69, 9.17) is 16.1 Å². The number of nitrogen functional groups attached to an aromatic ring is 1. The molecule has 0 atom stereocenters. The number of pyridine rings is 1. The van der Waals surface area contributed by atoms with Crippen molar-refractivity contribution < 1.29 is 9.90 Å². The second-order valence-corrected chi connectivity index (χ2v) is 3.07. The smallest absolute Gasteiger partial charge is 0.339 e. The van der Waals surface area contributed by atoms with Crippen molar-refractivity contribution in [2.45, 2.75) is 0 Å². The van der Waals surface area contributed by atoms with Gasteiger partial charge in [0.2, 0.25) is 0 Å². The first-order valence-electron chi connectivity index (χ1n) is 4.43. The summed E-state index contributed by atoms with van der Waals surface area (Å²) in [7, 11) is 0. The fourth-order valence-corrected chi connectivity index (χ4v) is 1.23. The molecule has 0 fully saturated rings. The molecule has 0 spiro atoms. The lowest BCUT2D eigenvalue weighted by atomic mass is 10.2. The summed E-state index contributed by atoms with van der Waals surface area (Å²) in [4.78, 5) is 18.5. The van der Waals surface area contributed by atoms with E-state index >= 15 is 0 Å². The Morgan fingerprint density at radius 3 is 2.88 bits per heavy atom. The van der Waals surface area contributed by atoms with E-state index in [0.717, 1.165) is 4.68 Å². The molecule has 2 aromatic heterocycles. The molecule has 0 saturated heterocycles. The van der Waals surface area contributed by atoms with Crippen molar-refractivity contribution >= 4 is 11.7 Å². The number of carboxylic acid groups (broad SMARTS) is 1. The Balaban J connectivity index is 2.59. The molecule has 0 radical (unpaired) electrons. The summed E-state index contributed by atoms with van der Waals surface area (Å²) >= 11 is 0. The van der Waals surface area contributed by atoms with Crippen LogP contribution in [0.2, 0.25) is 0 Å². The minimum absolute atomic E-state index is 0.0562. The minimum atomic E-state index is -1.19. The summed E-state index contributed by atoms with van der Waals surface area (Å²) in [6, 6.07) is 3.00. The number of carboxylic acids is 1. The number of rotatable bonds is 2. The van der Waals surface area contributed by atoms with Crippen LogP contribution in [0.25, 0.3) is 5.82 Å². The Labute approximate surface area is 95.0 Å². The van der Waals surface area contributed by atoms with Crippen molar-refractivity contribution in [3.63, 3.8) is 0 Å². The van der Waals surface area contributed by atoms with Crippen molar-refractivity contribution in [2.75, 3.05) is 5.73 Å². The van der Waals surface area contributed by atoms with Crippen LogP contribution in [-0.4, -0.2) is 30.8 Å². The van der Waals surface area contributed by atoms with Crippen molar-refractivity contribution in [2.24, 2.45) is 0 Å². The van der Waals surface area contributed by atoms with Crippen molar-refractivity contribution in [3.8, 4) is 11.9 Å². The van der Waals surface area contributed by atoms with Crippen LogP contribution in [0.4, 0.5) is 5.69 Å². The summed E-state index contributed by atoms with van der Waals surface area (Å²) in [6.07, 6.45) is 2.51. The van der Waals surface area contributed by atoms with E-state index in [1.807, 2.05) is 0 Å². The number of nitrogens with zero attached hydrogens (tertiary/aromatic N) is 5. The lowest BCUT2D eigenvalue weighted by molar-refractivity contribution is 0.0696. The average molecular weight is 230 g/mol. The van der Waals surface area contributed by atoms with E-state index in [0.29, 0.717) is 0 Å². The monoisotopic (exact) mass is 230 g/mol. The maximum atomic E-state index is 11.0. The second kappa shape index (κ2) is 3.90. The van der Waals surface area contributed by atoms with Crippen LogP contribution in [0.1, 0.15) is 16.2 Å². The Kier molecular flexibility index (Phi) is 2.42. The van der Waals surface area contributed by atoms with Crippen molar-refractivity contribution in [1.29, 1.82) is 5.26 Å². The summed E-state index contributed by atoms with van der Waals surface area (Å²) in [5.41, 5.74) is 5.57. The zero-order valence-electron chi connectivity index (χ0n) is 8.40. The number of nitrogens with two attached hydrogens (primary N) is 1. The topological polar surface area (TPSA) is 131 Å². The zero-order chi connectivity index (χ0) is 12.4. The highest BCUT2D eigenvalue weighted by molar-refractivity contribution is 5.92. The molecule has 0 aromatic carbocycles. The van der Waals surface area contributed by atoms with Crippen LogP contribution in [0.3, 0.4) is 0 Å². The van der Waals surface area contributed by atoms with Crippen LogP contribution in [0, 0.1) is 11.3 Å². The molecule has 0 amide bonds. The van der Waals surface area contributed by atoms with Gasteiger partial charge in [-0.25, -0.2) is 19.4 Å². The van der Waals surface area contributed by atoms with Crippen LogP contribution in [0.15, 0.2) is 18.6 Å². The maximum absolute atomic E-state index is 11.0. The predicted molar refractivity (Wildman–Crippen MR) is 55.2 cm³/mol. The summed E-state index contributed by atoms with van der Waals surface area (Å²) in [5, 5.41) is 21.3. The molecule has 2 rings (SSSR count). The molecular formula is C9H6N6O2. The van der Waals surface area contributed by atoms with E-state index < -0.39 is 5.97 Å². The van der Waals surface area contributed by atoms with Gasteiger partial charge < -0.3 is 10.8 Å². The SMILES string of the molecule is N#Cc1ncn(-c2ncc(N)cc2C(=O)O)n1. The second-order valence-electron chi connectivity index (χ2n) is 3.07. The molecule has 0 bridgehead atoms. The highest BCUT2D eigenvalue weighted by Gasteiger charge is 2.15. The first-order chi connectivity index (χ1) is 8.11. The zero-order valence-corrected chi connectivity index (χ0v) is 8.40. The number of nitriles is 1. The molecule has 2 heterocycles. The van der Waals surface area contributed by atoms with Gasteiger partial charge in [0, 0.05) is 0 Å². The maximum Gasteiger partial charge on any atom is 0.339 e. The van der Waals surface area contributed by atoms with E-state index in [9.17, 15) is 4.79 Å². The summed E-state index contributed by atoms with van der Waals surface area (Å²) < 4.78 is 1.11. The predicted octanol–water partition coefficient (Wildman–Crippen LogP) is -0.186. The number of hydrogen-bond acceptors (Lipinski definition) is 6. The van der Waals surface area contributed by atoms with Gasteiger partial charge in [0.1, 0.15) is 18.0 Å². The van der Waals surface area contributed by atoms with E-state index in [1.54, 1.807) is 6.07 Å². The molecule has 0 aliphatic carbocycles. The molecule has 0 aliphatic rings. The fourth-order valence-electron chi connectivity index (χ4n) is 1.23. The lowest BCUT2D eigenvalue weighted by Gasteiger charge is -2.04. The molecule has 17 heavy (non-hydrogen) atoms. The first-order valence-corrected chi connectivity index (χ1v) is 4.43. The van der Waals surface area contributed by atoms with Gasteiger partial charge in [-0.05, 0) is 6.07 Å². The first kappa shape index (κ1) is 10.6. The van der Waals surface area contributed by atoms with Crippen molar-refractivity contribution in [3.05, 3.63) is 30.0 Å². The van der Waals surface area contributed by atoms with Crippen LogP contribution in [0.5, 0.6) is 0 Å². The number of hydrogen-bond donors (Lipinski definition) is 2. The molecule has 8 nitrogen and oxygen atoms in total. The Hall–Kier alpha value is -2.95. The highest BCUT2D eigenvalue weighted by Crippen LogP contribution is 2.13. The van der Waals surface area contributed by atoms with Gasteiger partial charge >= 0.3 is 5.97 Å². The van der Waals surface area contributed by atoms with Gasteiger partial charge in [-0.15, -0.1) is 5.10 Å². The molecule has 0 unspecified atom stereocenters. The van der Waals surface area contributed by atoms with Gasteiger partial charge in [-0.3, -0.25) is 0 Å². The molecule has 8 heteroatoms. The molecule has 2 aromatic rings. The van der Waals surface area contributed by atoms with Gasteiger partial charge in [0.25, 0.3) is 5.82 Å². The molecular weight excluding hydrogens is 224 g/mol. The normalized spacial score (nSPS) is 9.82. The summed E-state index contributed by atoms with van der Waals surface area (Å²) in [5.74, 6) is -1.20. The van der Waals surface area contributed by atoms with E-state index in [-0.39, 0.29) is 22.9 Å². The Morgan fingerprint density at radius 2 is 2.29 bits per heavy atom. The number of aromatic carboxylic acids is 1. The molecule has 84 valence electrons. The van der Waals surface area contributed by atoms with E-state index in [1.165, 1.54) is 18.6 Å². The molecule has 0 aliphatic heterocycles. The Morgan fingerprint density at radius 1 is 1.53 bits per heavy atom. The summed E-state index contributed by atoms with van der Waals surface area (Å²) in [6.45, 7) is 0. The third-order valence-electron chi connectivity index (χ3n) is 1.93. The number of aromatic nitrogens is 4. The lowest BCUT2D eigenvalue weighted by Crippen LogP contribution is -2.09. The van der Waals surface area contributed by atoms with Crippen LogP contribution < -0.4 is 5.73 Å². The quantitative estimate of drug-likeness (QED) is 0.731. The Bertz CT molecular complexity index is 627. The number of carbonyl (C=O) groups is 1. The molecule has 0 saturated carbocycles. The van der Waals surface area contributed by atoms with Gasteiger partial charge in [-0.2, -0.15) is 5.26 Å². The fraction of sp³-hybridized carbons (Fsp3) is 0.